The second-order valence-electron chi connectivity index (χ2n) is 5.30. The average Bonchev–Trinajstić information content (AvgIpc) is 2.92. The maximum absolute atomic E-state index is 13.6. The Hall–Kier alpha value is -3.43. The van der Waals surface area contributed by atoms with Gasteiger partial charge in [-0.05, 0) is 30.3 Å². The number of carbonyl (C=O) groups excluding carboxylic acids is 2. The van der Waals surface area contributed by atoms with E-state index in [1.54, 1.807) is 0 Å². The van der Waals surface area contributed by atoms with Crippen molar-refractivity contribution in [2.75, 3.05) is 19.0 Å². The Kier molecular flexibility index (Phi) is 4.80. The van der Waals surface area contributed by atoms with E-state index in [0.717, 1.165) is 12.1 Å². The van der Waals surface area contributed by atoms with E-state index in [9.17, 15) is 22.8 Å². The molecule has 1 aliphatic rings. The molecular formula is C17H12F3NO6. The lowest BCUT2D eigenvalue weighted by Crippen LogP contribution is -2.25. The van der Waals surface area contributed by atoms with Crippen LogP contribution >= 0.6 is 0 Å². The van der Waals surface area contributed by atoms with E-state index >= 15 is 0 Å². The largest absolute Gasteiger partial charge is 0.586 e. The van der Waals surface area contributed by atoms with Crippen LogP contribution in [-0.4, -0.2) is 31.9 Å². The summed E-state index contributed by atoms with van der Waals surface area (Å²) in [6.45, 7) is -0.670. The summed E-state index contributed by atoms with van der Waals surface area (Å²) in [5, 5.41) is 2.34. The Morgan fingerprint density at radius 2 is 1.85 bits per heavy atom. The molecule has 27 heavy (non-hydrogen) atoms. The number of benzene rings is 2. The zero-order chi connectivity index (χ0) is 19.6. The van der Waals surface area contributed by atoms with Crippen LogP contribution in [0.2, 0.25) is 0 Å². The number of hydrogen-bond donors (Lipinski definition) is 1. The summed E-state index contributed by atoms with van der Waals surface area (Å²) in [6, 6.07) is 7.07. The number of alkyl halides is 2. The molecule has 1 N–H and O–H groups in total. The molecule has 0 aliphatic carbocycles. The van der Waals surface area contributed by atoms with E-state index < -0.39 is 30.6 Å². The monoisotopic (exact) mass is 383 g/mol. The average molecular weight is 383 g/mol. The summed E-state index contributed by atoms with van der Waals surface area (Å²) >= 11 is 0. The first kappa shape index (κ1) is 18.4. The van der Waals surface area contributed by atoms with Gasteiger partial charge in [-0.3, -0.25) is 4.79 Å². The lowest BCUT2D eigenvalue weighted by molar-refractivity contribution is -0.286. The van der Waals surface area contributed by atoms with E-state index in [0.29, 0.717) is 0 Å². The SMILES string of the molecule is COc1ccc(C(=O)OCC(=O)Nc2ccc3c(c2)OC(F)(F)O3)cc1F. The number of amides is 1. The molecule has 0 spiro atoms. The maximum Gasteiger partial charge on any atom is 0.586 e. The lowest BCUT2D eigenvalue weighted by Gasteiger charge is -2.08. The van der Waals surface area contributed by atoms with Crippen molar-refractivity contribution < 1.29 is 41.7 Å². The van der Waals surface area contributed by atoms with Gasteiger partial charge in [0.25, 0.3) is 5.91 Å². The molecule has 1 heterocycles. The van der Waals surface area contributed by atoms with Crippen LogP contribution < -0.4 is 19.5 Å². The number of halogens is 3. The first-order valence-electron chi connectivity index (χ1n) is 7.48. The van der Waals surface area contributed by atoms with Gasteiger partial charge in [0.1, 0.15) is 0 Å². The second kappa shape index (κ2) is 7.06. The van der Waals surface area contributed by atoms with Crippen molar-refractivity contribution in [3.63, 3.8) is 0 Å². The molecule has 10 heteroatoms. The predicted octanol–water partition coefficient (Wildman–Crippen LogP) is 2.95. The van der Waals surface area contributed by atoms with Crippen LogP contribution in [0, 0.1) is 5.82 Å². The van der Waals surface area contributed by atoms with Crippen molar-refractivity contribution in [2.45, 2.75) is 6.29 Å². The van der Waals surface area contributed by atoms with Crippen LogP contribution in [0.25, 0.3) is 0 Å². The van der Waals surface area contributed by atoms with Crippen molar-refractivity contribution in [1.29, 1.82) is 0 Å². The molecule has 0 bridgehead atoms. The summed E-state index contributed by atoms with van der Waals surface area (Å²) < 4.78 is 57.5. The Balaban J connectivity index is 1.56. The molecule has 1 aliphatic heterocycles. The van der Waals surface area contributed by atoms with Crippen molar-refractivity contribution in [3.8, 4) is 17.2 Å². The normalized spacial score (nSPS) is 13.8. The zero-order valence-corrected chi connectivity index (χ0v) is 13.8. The summed E-state index contributed by atoms with van der Waals surface area (Å²) in [4.78, 5) is 23.7. The Morgan fingerprint density at radius 1 is 1.11 bits per heavy atom. The fourth-order valence-corrected chi connectivity index (χ4v) is 2.23. The van der Waals surface area contributed by atoms with E-state index in [1.165, 1.54) is 31.4 Å². The third kappa shape index (κ3) is 4.22. The number of rotatable bonds is 5. The highest BCUT2D eigenvalue weighted by Gasteiger charge is 2.43. The van der Waals surface area contributed by atoms with Crippen LogP contribution in [-0.2, 0) is 9.53 Å². The van der Waals surface area contributed by atoms with Gasteiger partial charge in [0.05, 0.1) is 12.7 Å². The van der Waals surface area contributed by atoms with Crippen LogP contribution in [0.5, 0.6) is 17.2 Å². The molecule has 0 fully saturated rings. The van der Waals surface area contributed by atoms with Crippen LogP contribution in [0.15, 0.2) is 36.4 Å². The first-order chi connectivity index (χ1) is 12.8. The Morgan fingerprint density at radius 3 is 2.56 bits per heavy atom. The molecule has 3 rings (SSSR count). The molecular weight excluding hydrogens is 371 g/mol. The molecule has 2 aromatic rings. The fraction of sp³-hybridized carbons (Fsp3) is 0.176. The van der Waals surface area contributed by atoms with Crippen molar-refractivity contribution in [1.82, 2.24) is 0 Å². The van der Waals surface area contributed by atoms with Crippen molar-refractivity contribution in [2.24, 2.45) is 0 Å². The molecule has 1 amide bonds. The van der Waals surface area contributed by atoms with Crippen LogP contribution in [0.1, 0.15) is 10.4 Å². The zero-order valence-electron chi connectivity index (χ0n) is 13.8. The minimum Gasteiger partial charge on any atom is -0.494 e. The number of nitrogens with one attached hydrogen (secondary N) is 1. The van der Waals surface area contributed by atoms with Gasteiger partial charge in [-0.25, -0.2) is 9.18 Å². The van der Waals surface area contributed by atoms with Gasteiger partial charge < -0.3 is 24.3 Å². The van der Waals surface area contributed by atoms with E-state index in [1.807, 2.05) is 0 Å². The van der Waals surface area contributed by atoms with E-state index in [2.05, 4.69) is 14.8 Å². The van der Waals surface area contributed by atoms with Gasteiger partial charge in [0.2, 0.25) is 0 Å². The molecule has 0 atom stereocenters. The van der Waals surface area contributed by atoms with Gasteiger partial charge in [-0.1, -0.05) is 0 Å². The predicted molar refractivity (Wildman–Crippen MR) is 84.5 cm³/mol. The van der Waals surface area contributed by atoms with Crippen LogP contribution in [0.3, 0.4) is 0 Å². The highest BCUT2D eigenvalue weighted by molar-refractivity contribution is 5.95. The highest BCUT2D eigenvalue weighted by atomic mass is 19.3. The Bertz CT molecular complexity index is 902. The van der Waals surface area contributed by atoms with Gasteiger partial charge in [0, 0.05) is 11.8 Å². The number of ether oxygens (including phenoxy) is 4. The van der Waals surface area contributed by atoms with Crippen LogP contribution in [0.4, 0.5) is 18.9 Å². The molecule has 0 radical (unpaired) electrons. The number of anilines is 1. The topological polar surface area (TPSA) is 83.1 Å². The van der Waals surface area contributed by atoms with Crippen molar-refractivity contribution in [3.05, 3.63) is 47.8 Å². The quantitative estimate of drug-likeness (QED) is 0.800. The van der Waals surface area contributed by atoms with E-state index in [4.69, 9.17) is 9.47 Å². The maximum atomic E-state index is 13.6. The summed E-state index contributed by atoms with van der Waals surface area (Å²) in [7, 11) is 1.28. The smallest absolute Gasteiger partial charge is 0.494 e. The number of fused-ring (bicyclic) bond motifs is 1. The molecule has 0 saturated heterocycles. The number of carbonyl (C=O) groups is 2. The van der Waals surface area contributed by atoms with Gasteiger partial charge in [-0.2, -0.15) is 0 Å². The van der Waals surface area contributed by atoms with Gasteiger partial charge in [-0.15, -0.1) is 8.78 Å². The Labute approximate surface area is 150 Å². The van der Waals surface area contributed by atoms with Gasteiger partial charge >= 0.3 is 12.3 Å². The lowest BCUT2D eigenvalue weighted by atomic mass is 10.2. The van der Waals surface area contributed by atoms with Crippen molar-refractivity contribution >= 4 is 17.6 Å². The second-order valence-corrected chi connectivity index (χ2v) is 5.30. The number of hydrogen-bond acceptors (Lipinski definition) is 6. The fourth-order valence-electron chi connectivity index (χ4n) is 2.23. The third-order valence-electron chi connectivity index (χ3n) is 3.41. The molecule has 142 valence electrons. The minimum absolute atomic E-state index is 0.0438. The molecule has 7 nitrogen and oxygen atoms in total. The summed E-state index contributed by atoms with van der Waals surface area (Å²) in [5.74, 6) is -2.87. The minimum atomic E-state index is -3.77. The third-order valence-corrected chi connectivity index (χ3v) is 3.41. The highest BCUT2D eigenvalue weighted by Crippen LogP contribution is 2.42. The molecule has 0 aromatic heterocycles. The number of methoxy groups -OCH3 is 1. The van der Waals surface area contributed by atoms with E-state index in [-0.39, 0.29) is 28.5 Å². The summed E-state index contributed by atoms with van der Waals surface area (Å²) in [5.41, 5.74) is 0.0259. The standard InChI is InChI=1S/C17H12F3NO6/c1-24-12-4-2-9(6-11(12)18)16(23)25-8-15(22)21-10-3-5-13-14(7-10)27-17(19,20)26-13/h2-7H,8H2,1H3,(H,21,22). The number of esters is 1. The molecule has 2 aromatic carbocycles. The molecule has 0 unspecified atom stereocenters. The summed E-state index contributed by atoms with van der Waals surface area (Å²) in [6.07, 6.45) is -3.77. The van der Waals surface area contributed by atoms with Gasteiger partial charge in [0.15, 0.2) is 29.7 Å². The molecule has 0 saturated carbocycles. The first-order valence-corrected chi connectivity index (χ1v) is 7.48.